The second-order valence-electron chi connectivity index (χ2n) is 8.92. The van der Waals surface area contributed by atoms with Gasteiger partial charge in [-0.15, -0.1) is 0 Å². The van der Waals surface area contributed by atoms with E-state index < -0.39 is 29.5 Å². The fourth-order valence-electron chi connectivity index (χ4n) is 3.59. The van der Waals surface area contributed by atoms with Crippen molar-refractivity contribution in [3.63, 3.8) is 0 Å². The van der Waals surface area contributed by atoms with Crippen molar-refractivity contribution in [3.8, 4) is 0 Å². The number of nitrogens with zero attached hydrogens (tertiary/aromatic N) is 3. The molecule has 2 amide bonds. The highest BCUT2D eigenvalue weighted by Gasteiger charge is 2.41. The molecule has 1 aromatic carbocycles. The van der Waals surface area contributed by atoms with Crippen molar-refractivity contribution in [1.29, 1.82) is 0 Å². The van der Waals surface area contributed by atoms with E-state index in [0.29, 0.717) is 5.02 Å². The van der Waals surface area contributed by atoms with Gasteiger partial charge in [-0.25, -0.2) is 4.79 Å². The zero-order chi connectivity index (χ0) is 24.6. The van der Waals surface area contributed by atoms with E-state index in [1.807, 2.05) is 0 Å². The number of fused-ring (bicyclic) bond motifs is 1. The molecule has 2 aromatic rings. The molecule has 180 valence electrons. The molecule has 11 heteroatoms. The summed E-state index contributed by atoms with van der Waals surface area (Å²) in [5.74, 6) is -0.481. The summed E-state index contributed by atoms with van der Waals surface area (Å²) >= 11 is 5.87. The van der Waals surface area contributed by atoms with Gasteiger partial charge in [0.2, 0.25) is 5.91 Å². The van der Waals surface area contributed by atoms with E-state index in [0.717, 1.165) is 10.2 Å². The monoisotopic (exact) mass is 486 g/mol. The summed E-state index contributed by atoms with van der Waals surface area (Å²) in [6, 6.07) is 6.53. The Kier molecular flexibility index (Phi) is 6.97. The van der Waals surface area contributed by atoms with Gasteiger partial charge in [0.15, 0.2) is 5.69 Å². The third-order valence-corrected chi connectivity index (χ3v) is 5.35. The highest BCUT2D eigenvalue weighted by molar-refractivity contribution is 6.30. The van der Waals surface area contributed by atoms with Crippen LogP contribution in [0, 0.1) is 0 Å². The Morgan fingerprint density at radius 3 is 2.42 bits per heavy atom. The Bertz CT molecular complexity index is 1030. The molecule has 2 heterocycles. The summed E-state index contributed by atoms with van der Waals surface area (Å²) in [6.07, 6.45) is -5.29. The van der Waals surface area contributed by atoms with Crippen LogP contribution in [0.4, 0.5) is 18.0 Å². The summed E-state index contributed by atoms with van der Waals surface area (Å²) in [6.45, 7) is 6.31. The molecule has 7 nitrogen and oxygen atoms in total. The Labute approximate surface area is 194 Å². The minimum Gasteiger partial charge on any atom is -0.444 e. The smallest absolute Gasteiger partial charge is 0.435 e. The number of hydrogen-bond donors (Lipinski definition) is 1. The predicted molar refractivity (Wildman–Crippen MR) is 116 cm³/mol. The van der Waals surface area contributed by atoms with Crippen LogP contribution in [-0.4, -0.2) is 38.8 Å². The number of carbonyl (C=O) groups excluding carboxylic acids is 2. The summed E-state index contributed by atoms with van der Waals surface area (Å²) in [7, 11) is 0. The van der Waals surface area contributed by atoms with Gasteiger partial charge in [-0.2, -0.15) is 18.3 Å². The normalized spacial score (nSPS) is 15.1. The van der Waals surface area contributed by atoms with Crippen LogP contribution >= 0.6 is 11.6 Å². The first-order valence-corrected chi connectivity index (χ1v) is 10.8. The first-order valence-electron chi connectivity index (χ1n) is 10.4. The highest BCUT2D eigenvalue weighted by atomic mass is 35.5. The Balaban J connectivity index is 1.78. The van der Waals surface area contributed by atoms with Crippen molar-refractivity contribution in [2.45, 2.75) is 65.0 Å². The van der Waals surface area contributed by atoms with Crippen molar-refractivity contribution in [2.24, 2.45) is 0 Å². The van der Waals surface area contributed by atoms with E-state index in [1.165, 1.54) is 4.90 Å². The zero-order valence-electron chi connectivity index (χ0n) is 18.8. The van der Waals surface area contributed by atoms with Crippen LogP contribution < -0.4 is 5.32 Å². The lowest BCUT2D eigenvalue weighted by Crippen LogP contribution is -2.40. The topological polar surface area (TPSA) is 76.5 Å². The molecule has 1 atom stereocenters. The maximum Gasteiger partial charge on any atom is 0.435 e. The van der Waals surface area contributed by atoms with Crippen LogP contribution in [-0.2, 0) is 35.2 Å². The minimum absolute atomic E-state index is 0.113. The van der Waals surface area contributed by atoms with E-state index in [2.05, 4.69) is 10.4 Å². The second-order valence-corrected chi connectivity index (χ2v) is 9.36. The fraction of sp³-hybridized carbons (Fsp3) is 0.500. The number of alkyl halides is 3. The van der Waals surface area contributed by atoms with Crippen LogP contribution in [0.5, 0.6) is 0 Å². The van der Waals surface area contributed by atoms with Gasteiger partial charge in [0.1, 0.15) is 12.1 Å². The quantitative estimate of drug-likeness (QED) is 0.678. The van der Waals surface area contributed by atoms with Crippen LogP contribution in [0.25, 0.3) is 0 Å². The molecule has 1 N–H and O–H groups in total. The summed E-state index contributed by atoms with van der Waals surface area (Å²) in [4.78, 5) is 26.2. The molecule has 0 radical (unpaired) electrons. The molecule has 0 aliphatic carbocycles. The van der Waals surface area contributed by atoms with Gasteiger partial charge in [-0.05, 0) is 45.4 Å². The number of amides is 2. The maximum absolute atomic E-state index is 13.7. The van der Waals surface area contributed by atoms with Crippen LogP contribution in [0.3, 0.4) is 0 Å². The third-order valence-electron chi connectivity index (χ3n) is 5.10. The molecule has 0 fully saturated rings. The SMILES string of the molecule is CC(NC(=O)Cn1nc(C(F)(F)F)c2c1CCN(C(=O)OC(C)(C)C)C2)c1ccc(Cl)cc1. The fourth-order valence-corrected chi connectivity index (χ4v) is 3.72. The number of ether oxygens (including phenoxy) is 1. The number of nitrogens with one attached hydrogen (secondary N) is 1. The number of benzene rings is 1. The van der Waals surface area contributed by atoms with E-state index in [1.54, 1.807) is 52.0 Å². The average molecular weight is 487 g/mol. The molecular formula is C22H26ClF3N4O3. The molecule has 0 saturated carbocycles. The van der Waals surface area contributed by atoms with Crippen molar-refractivity contribution >= 4 is 23.6 Å². The van der Waals surface area contributed by atoms with Gasteiger partial charge >= 0.3 is 12.3 Å². The molecule has 0 spiro atoms. The van der Waals surface area contributed by atoms with Crippen LogP contribution in [0.1, 0.15) is 56.3 Å². The first kappa shape index (κ1) is 24.9. The highest BCUT2D eigenvalue weighted by Crippen LogP contribution is 2.35. The first-order chi connectivity index (χ1) is 15.2. The van der Waals surface area contributed by atoms with Gasteiger partial charge in [-0.1, -0.05) is 23.7 Å². The standard InChI is InChI=1S/C22H26ClF3N4O3/c1-13(14-5-7-15(23)8-6-14)27-18(31)12-30-17-9-10-29(20(32)33-21(2,3)4)11-16(17)19(28-30)22(24,25)26/h5-8,13H,9-12H2,1-4H3,(H,27,31). The number of halogens is 4. The molecule has 0 bridgehead atoms. The lowest BCUT2D eigenvalue weighted by molar-refractivity contribution is -0.142. The Morgan fingerprint density at radius 2 is 1.85 bits per heavy atom. The molecule has 3 rings (SSSR count). The Morgan fingerprint density at radius 1 is 1.21 bits per heavy atom. The van der Waals surface area contributed by atoms with Gasteiger partial charge < -0.3 is 15.0 Å². The van der Waals surface area contributed by atoms with Crippen molar-refractivity contribution in [2.75, 3.05) is 6.54 Å². The second kappa shape index (κ2) is 9.24. The lowest BCUT2D eigenvalue weighted by Gasteiger charge is -2.30. The van der Waals surface area contributed by atoms with E-state index in [4.69, 9.17) is 16.3 Å². The van der Waals surface area contributed by atoms with E-state index in [-0.39, 0.29) is 43.4 Å². The molecule has 1 aliphatic rings. The largest absolute Gasteiger partial charge is 0.444 e. The minimum atomic E-state index is -4.72. The summed E-state index contributed by atoms with van der Waals surface area (Å²) in [5, 5.41) is 7.02. The molecule has 0 saturated heterocycles. The zero-order valence-corrected chi connectivity index (χ0v) is 19.5. The third kappa shape index (κ3) is 6.19. The molecule has 1 unspecified atom stereocenters. The Hall–Kier alpha value is -2.75. The van der Waals surface area contributed by atoms with Gasteiger partial charge in [0.25, 0.3) is 0 Å². The number of hydrogen-bond acceptors (Lipinski definition) is 4. The molecule has 1 aliphatic heterocycles. The summed E-state index contributed by atoms with van der Waals surface area (Å²) < 4.78 is 47.4. The number of aromatic nitrogens is 2. The van der Waals surface area contributed by atoms with Crippen LogP contribution in [0.15, 0.2) is 24.3 Å². The van der Waals surface area contributed by atoms with Crippen molar-refractivity contribution in [3.05, 3.63) is 51.8 Å². The molecule has 33 heavy (non-hydrogen) atoms. The summed E-state index contributed by atoms with van der Waals surface area (Å²) in [5.41, 5.74) is -0.883. The van der Waals surface area contributed by atoms with E-state index in [9.17, 15) is 22.8 Å². The number of rotatable bonds is 4. The van der Waals surface area contributed by atoms with Crippen molar-refractivity contribution in [1.82, 2.24) is 20.0 Å². The van der Waals surface area contributed by atoms with Gasteiger partial charge in [0.05, 0.1) is 12.6 Å². The van der Waals surface area contributed by atoms with Crippen LogP contribution in [0.2, 0.25) is 5.02 Å². The average Bonchev–Trinajstić information content (AvgIpc) is 3.05. The number of carbonyl (C=O) groups is 2. The van der Waals surface area contributed by atoms with Crippen molar-refractivity contribution < 1.29 is 27.5 Å². The maximum atomic E-state index is 13.7. The molecular weight excluding hydrogens is 461 g/mol. The van der Waals surface area contributed by atoms with Gasteiger partial charge in [0, 0.05) is 29.2 Å². The molecule has 1 aromatic heterocycles. The lowest BCUT2D eigenvalue weighted by atomic mass is 10.1. The predicted octanol–water partition coefficient (Wildman–Crippen LogP) is 4.73. The van der Waals surface area contributed by atoms with E-state index >= 15 is 0 Å². The van der Waals surface area contributed by atoms with Gasteiger partial charge in [-0.3, -0.25) is 9.48 Å².